The number of carboxylic acid groups (broad SMARTS) is 1. The van der Waals surface area contributed by atoms with Crippen molar-refractivity contribution < 1.29 is 31.0 Å². The van der Waals surface area contributed by atoms with Gasteiger partial charge in [0.1, 0.15) is 0 Å². The summed E-state index contributed by atoms with van der Waals surface area (Å²) in [5.74, 6) is -1.09. The van der Waals surface area contributed by atoms with Crippen LogP contribution in [0.4, 0.5) is 0 Å². The molecule has 0 rings (SSSR count). The van der Waals surface area contributed by atoms with Gasteiger partial charge in [-0.1, -0.05) is 6.92 Å². The molecule has 0 aliphatic carbocycles. The number of aliphatic carboxylic acids is 1. The molecule has 0 saturated heterocycles. The van der Waals surface area contributed by atoms with E-state index in [4.69, 9.17) is 10.8 Å². The summed E-state index contributed by atoms with van der Waals surface area (Å²) >= 11 is 0. The van der Waals surface area contributed by atoms with Crippen LogP contribution in [0.25, 0.3) is 0 Å². The Kier molecular flexibility index (Phi) is 4.40. The molecule has 0 saturated carbocycles. The summed E-state index contributed by atoms with van der Waals surface area (Å²) in [6.45, 7) is 4.48. The van der Waals surface area contributed by atoms with Gasteiger partial charge in [-0.2, -0.15) is 0 Å². The van der Waals surface area contributed by atoms with E-state index in [1.807, 2.05) is 0 Å². The molecule has 3 N–H and O–H groups in total. The Morgan fingerprint density at radius 1 is 1.88 bits per heavy atom. The van der Waals surface area contributed by atoms with Crippen LogP contribution in [0.15, 0.2) is 0 Å². The van der Waals surface area contributed by atoms with E-state index < -0.39 is 11.5 Å². The minimum Gasteiger partial charge on any atom is -0.482 e. The van der Waals surface area contributed by atoms with Crippen LogP contribution < -0.4 is 5.73 Å². The third-order valence-corrected chi connectivity index (χ3v) is 0.489. The van der Waals surface area contributed by atoms with E-state index in [2.05, 4.69) is 6.92 Å². The molecule has 0 aliphatic heterocycles. The van der Waals surface area contributed by atoms with Crippen molar-refractivity contribution in [2.75, 3.05) is 0 Å². The molecular formula is C4H8NO2W-. The second kappa shape index (κ2) is 3.20. The van der Waals surface area contributed by atoms with E-state index >= 15 is 0 Å². The zero-order valence-electron chi connectivity index (χ0n) is 4.55. The molecule has 3 nitrogen and oxygen atoms in total. The van der Waals surface area contributed by atoms with E-state index in [0.29, 0.717) is 0 Å². The number of hydrogen-bond donors (Lipinski definition) is 2. The van der Waals surface area contributed by atoms with Gasteiger partial charge in [-0.15, -0.1) is 0 Å². The van der Waals surface area contributed by atoms with Crippen molar-refractivity contribution in [1.82, 2.24) is 0 Å². The zero-order chi connectivity index (χ0) is 6.08. The molecule has 0 aliphatic rings. The first-order valence-electron chi connectivity index (χ1n) is 1.82. The number of carboxylic acids is 1. The molecule has 8 heavy (non-hydrogen) atoms. The minimum atomic E-state index is -1.33. The van der Waals surface area contributed by atoms with Gasteiger partial charge in [-0.05, 0) is 5.54 Å². The topological polar surface area (TPSA) is 63.3 Å². The quantitative estimate of drug-likeness (QED) is 0.646. The molecule has 0 aromatic carbocycles. The van der Waals surface area contributed by atoms with Crippen molar-refractivity contribution in [3.05, 3.63) is 6.92 Å². The summed E-state index contributed by atoms with van der Waals surface area (Å²) in [7, 11) is 0. The summed E-state index contributed by atoms with van der Waals surface area (Å²) in [6, 6.07) is 0. The van der Waals surface area contributed by atoms with E-state index in [9.17, 15) is 4.79 Å². The standard InChI is InChI=1S/C4H8NO2.W/c1-4(2,5)3(6)7;/h1,5H2,2H3,(H,6,7);/q-1;. The Balaban J connectivity index is 0. The zero-order valence-corrected chi connectivity index (χ0v) is 7.48. The number of carbonyl (C=O) groups is 1. The molecule has 0 heterocycles. The maximum Gasteiger partial charge on any atom is 0.291 e. The molecule has 1 unspecified atom stereocenters. The predicted molar refractivity (Wildman–Crippen MR) is 25.6 cm³/mol. The van der Waals surface area contributed by atoms with Crippen molar-refractivity contribution in [3.63, 3.8) is 0 Å². The van der Waals surface area contributed by atoms with Gasteiger partial charge in [0.05, 0.1) is 0 Å². The van der Waals surface area contributed by atoms with Gasteiger partial charge in [-0.25, -0.2) is 0 Å². The monoisotopic (exact) mass is 286 g/mol. The van der Waals surface area contributed by atoms with Gasteiger partial charge < -0.3 is 17.8 Å². The van der Waals surface area contributed by atoms with Crippen LogP contribution >= 0.6 is 0 Å². The van der Waals surface area contributed by atoms with Gasteiger partial charge in [0.2, 0.25) is 0 Å². The molecule has 0 radical (unpaired) electrons. The second-order valence-electron chi connectivity index (χ2n) is 1.72. The van der Waals surface area contributed by atoms with Crippen LogP contribution in [0.3, 0.4) is 0 Å². The van der Waals surface area contributed by atoms with Crippen LogP contribution in [-0.2, 0) is 25.9 Å². The summed E-state index contributed by atoms with van der Waals surface area (Å²) < 4.78 is 0. The van der Waals surface area contributed by atoms with Gasteiger partial charge in [-0.3, -0.25) is 4.79 Å². The van der Waals surface area contributed by atoms with Gasteiger partial charge in [0.25, 0.3) is 5.97 Å². The van der Waals surface area contributed by atoms with Crippen LogP contribution in [0.1, 0.15) is 6.92 Å². The van der Waals surface area contributed by atoms with Crippen molar-refractivity contribution >= 4 is 5.97 Å². The maximum atomic E-state index is 9.83. The Morgan fingerprint density at radius 3 is 2.00 bits per heavy atom. The third kappa shape index (κ3) is 4.28. The fourth-order valence-corrected chi connectivity index (χ4v) is 0. The molecule has 1 atom stereocenters. The molecule has 0 fully saturated rings. The van der Waals surface area contributed by atoms with Crippen LogP contribution in [0.2, 0.25) is 0 Å². The fourth-order valence-electron chi connectivity index (χ4n) is 0. The normalized spacial score (nSPS) is 15.9. The van der Waals surface area contributed by atoms with Gasteiger partial charge >= 0.3 is 0 Å². The van der Waals surface area contributed by atoms with Crippen LogP contribution in [-0.4, -0.2) is 16.6 Å². The minimum absolute atomic E-state index is 0. The third-order valence-electron chi connectivity index (χ3n) is 0.489. The van der Waals surface area contributed by atoms with E-state index in [1.54, 1.807) is 0 Å². The van der Waals surface area contributed by atoms with Crippen LogP contribution in [0.5, 0.6) is 0 Å². The van der Waals surface area contributed by atoms with Crippen molar-refractivity contribution in [2.24, 2.45) is 5.73 Å². The average molecular weight is 286 g/mol. The summed E-state index contributed by atoms with van der Waals surface area (Å²) in [5, 5.41) is 8.06. The molecule has 0 bridgehead atoms. The molecule has 4 heteroatoms. The molecule has 0 amide bonds. The molecule has 0 spiro atoms. The summed E-state index contributed by atoms with van der Waals surface area (Å²) in [5.41, 5.74) is 3.63. The average Bonchev–Trinajstić information content (AvgIpc) is 1.31. The summed E-state index contributed by atoms with van der Waals surface area (Å²) in [4.78, 5) is 9.83. The molecule has 0 aromatic rings. The number of nitrogens with two attached hydrogens (primary N) is 1. The van der Waals surface area contributed by atoms with E-state index in [1.165, 1.54) is 6.92 Å². The van der Waals surface area contributed by atoms with Crippen molar-refractivity contribution in [2.45, 2.75) is 12.5 Å². The maximum absolute atomic E-state index is 9.83. The number of rotatable bonds is 1. The first-order chi connectivity index (χ1) is 2.94. The first-order valence-corrected chi connectivity index (χ1v) is 1.82. The SMILES string of the molecule is [CH2-]C(C)(N)C(=O)O.[W]. The largest absolute Gasteiger partial charge is 0.482 e. The molecular weight excluding hydrogens is 278 g/mol. The Morgan fingerprint density at radius 2 is 2.00 bits per heavy atom. The van der Waals surface area contributed by atoms with Crippen LogP contribution in [0, 0.1) is 6.92 Å². The number of hydrogen-bond acceptors (Lipinski definition) is 2. The van der Waals surface area contributed by atoms with Crippen molar-refractivity contribution in [1.29, 1.82) is 0 Å². The Labute approximate surface area is 62.5 Å². The van der Waals surface area contributed by atoms with Gasteiger partial charge in [0.15, 0.2) is 0 Å². The van der Waals surface area contributed by atoms with E-state index in [0.717, 1.165) is 0 Å². The fraction of sp³-hybridized carbons (Fsp3) is 0.500. The van der Waals surface area contributed by atoms with Crippen molar-refractivity contribution in [3.8, 4) is 0 Å². The predicted octanol–water partition coefficient (Wildman–Crippen LogP) is -0.380. The molecule has 48 valence electrons. The summed E-state index contributed by atoms with van der Waals surface area (Å²) in [6.07, 6.45) is 0. The smallest absolute Gasteiger partial charge is 0.291 e. The Hall–Kier alpha value is 0.118. The van der Waals surface area contributed by atoms with Gasteiger partial charge in [0, 0.05) is 21.1 Å². The second-order valence-corrected chi connectivity index (χ2v) is 1.72. The molecule has 0 aromatic heterocycles. The van der Waals surface area contributed by atoms with E-state index in [-0.39, 0.29) is 21.1 Å². The Bertz CT molecular complexity index is 86.5. The first kappa shape index (κ1) is 11.0.